The Balaban J connectivity index is 0.000000159. The predicted octanol–water partition coefficient (Wildman–Crippen LogP) is 1.25. The summed E-state index contributed by atoms with van der Waals surface area (Å²) in [4.78, 5) is 70.2. The molecule has 8 aliphatic rings. The lowest BCUT2D eigenvalue weighted by molar-refractivity contribution is -0.232. The number of hydrogen-bond donors (Lipinski definition) is 4. The quantitative estimate of drug-likeness (QED) is 0.156. The fourth-order valence-corrected chi connectivity index (χ4v) is 12.9. The first-order valence-corrected chi connectivity index (χ1v) is 20.8. The van der Waals surface area contributed by atoms with Crippen molar-refractivity contribution in [3.63, 3.8) is 0 Å². The van der Waals surface area contributed by atoms with E-state index in [-0.39, 0.29) is 52.4 Å². The highest BCUT2D eigenvalue weighted by Crippen LogP contribution is 2.53. The Labute approximate surface area is 312 Å². The molecule has 8 rings (SSSR count). The second-order valence-corrected chi connectivity index (χ2v) is 18.7. The van der Waals surface area contributed by atoms with E-state index in [1.807, 2.05) is 13.8 Å². The van der Waals surface area contributed by atoms with Crippen molar-refractivity contribution in [1.29, 1.82) is 0 Å². The summed E-state index contributed by atoms with van der Waals surface area (Å²) in [6.45, 7) is 12.2. The van der Waals surface area contributed by atoms with Gasteiger partial charge in [0, 0.05) is 69.8 Å². The molecule has 51 heavy (non-hydrogen) atoms. The summed E-state index contributed by atoms with van der Waals surface area (Å²) in [5.41, 5.74) is 0.248. The molecule has 19 heteroatoms. The van der Waals surface area contributed by atoms with Crippen LogP contribution in [0.2, 0.25) is 0 Å². The topological polar surface area (TPSA) is 196 Å². The van der Waals surface area contributed by atoms with Crippen LogP contribution in [0.1, 0.15) is 27.7 Å². The summed E-state index contributed by atoms with van der Waals surface area (Å²) in [6, 6.07) is -0.489. The number of hydrogen-bond acceptors (Lipinski definition) is 16. The number of β-lactam (4-membered cyclic amide) rings is 2. The van der Waals surface area contributed by atoms with Crippen molar-refractivity contribution in [2.45, 2.75) is 62.5 Å². The number of aliphatic imine (C=N–C) groups is 2. The maximum absolute atomic E-state index is 12.4. The van der Waals surface area contributed by atoms with E-state index in [2.05, 4.69) is 24.7 Å². The van der Waals surface area contributed by atoms with Gasteiger partial charge in [0.05, 0.1) is 49.2 Å². The van der Waals surface area contributed by atoms with Gasteiger partial charge in [0.1, 0.15) is 11.4 Å². The number of amides is 2. The van der Waals surface area contributed by atoms with Crippen LogP contribution < -0.4 is 0 Å². The van der Waals surface area contributed by atoms with Gasteiger partial charge in [-0.2, -0.15) is 5.26 Å². The van der Waals surface area contributed by atoms with E-state index in [9.17, 15) is 34.5 Å². The van der Waals surface area contributed by atoms with Gasteiger partial charge in [-0.3, -0.25) is 24.5 Å². The first-order chi connectivity index (χ1) is 24.3. The normalized spacial score (nSPS) is 32.7. The molecule has 4 fully saturated rings. The molecule has 0 aromatic carbocycles. The maximum Gasteiger partial charge on any atom is 0.389 e. The fraction of sp³-hybridized carbons (Fsp3) is 0.688. The minimum atomic E-state index is -1.05. The molecule has 8 aliphatic heterocycles. The van der Waals surface area contributed by atoms with Crippen molar-refractivity contribution in [1.82, 2.24) is 19.6 Å². The second-order valence-electron chi connectivity index (χ2n) is 13.9. The largest absolute Gasteiger partial charge is 0.477 e. The molecule has 0 spiro atoms. The number of aliphatic hydroxyl groups is 2. The van der Waals surface area contributed by atoms with Crippen molar-refractivity contribution in [2.75, 3.05) is 50.8 Å². The van der Waals surface area contributed by atoms with E-state index >= 15 is 0 Å². The van der Waals surface area contributed by atoms with Crippen LogP contribution in [0.5, 0.6) is 0 Å². The van der Waals surface area contributed by atoms with Crippen LogP contribution in [0.15, 0.2) is 31.2 Å². The Kier molecular flexibility index (Phi) is 10.4. The van der Waals surface area contributed by atoms with Gasteiger partial charge in [-0.1, -0.05) is 37.4 Å². The van der Waals surface area contributed by atoms with Gasteiger partial charge in [0.15, 0.2) is 10.3 Å². The van der Waals surface area contributed by atoms with E-state index in [0.29, 0.717) is 5.25 Å². The summed E-state index contributed by atoms with van der Waals surface area (Å²) in [5.74, 6) is -1.62. The summed E-state index contributed by atoms with van der Waals surface area (Å²) in [6.07, 6.45) is -1.54. The lowest BCUT2D eigenvalue weighted by Crippen LogP contribution is -2.63. The van der Waals surface area contributed by atoms with Crippen molar-refractivity contribution >= 4 is 81.1 Å². The molecule has 4 N–H and O–H groups in total. The third kappa shape index (κ3) is 6.27. The third-order valence-corrected chi connectivity index (χ3v) is 15.6. The highest BCUT2D eigenvalue weighted by Gasteiger charge is 2.62. The number of carbonyl (C=O) groups is 4. The van der Waals surface area contributed by atoms with Crippen molar-refractivity contribution < 1.29 is 44.6 Å². The first kappa shape index (κ1) is 36.9. The molecule has 0 aromatic rings. The number of amidine groups is 2. The van der Waals surface area contributed by atoms with Crippen LogP contribution in [0.4, 0.5) is 0 Å². The van der Waals surface area contributed by atoms with Crippen LogP contribution >= 0.6 is 47.0 Å². The zero-order valence-corrected chi connectivity index (χ0v) is 31.8. The number of carboxylic acids is 1. The Bertz CT molecular complexity index is 1620. The van der Waals surface area contributed by atoms with Crippen LogP contribution in [0, 0.1) is 23.7 Å². The molecule has 2 amide bonds. The van der Waals surface area contributed by atoms with Crippen LogP contribution in [-0.4, -0.2) is 160 Å². The number of fused-ring (bicyclic) bond motifs is 2. The summed E-state index contributed by atoms with van der Waals surface area (Å²) in [5, 5.41) is 41.1. The number of carboxylic acid groups (broad SMARTS) is 1. The number of thioether (sulfide) groups is 4. The predicted molar refractivity (Wildman–Crippen MR) is 196 cm³/mol. The minimum absolute atomic E-state index is 0.0550. The Morgan fingerprint density at radius 2 is 1.20 bits per heavy atom. The standard InChI is InChI=1S/C16H21N3O5S2.C16H21N3O4S2/c1-7-11-10(8(2)20)14(21)19(11)12(15(22)24-23)13(7)26-9-5-18(6-9)16-17-3-4-25-16;1-7-11-10(8(2)20)14(21)19(11)12(15(22)23)13(7)25-9-5-18(6-9)16-17-3-4-24-16/h7-11,20,23H,3-6H2,1-2H3;7-11,20H,3-6H2,1-2H3,(H,22,23)/t2*7-,8-,10-,11-/m11/s1. The van der Waals surface area contributed by atoms with Crippen LogP contribution in [-0.2, 0) is 24.1 Å². The summed E-state index contributed by atoms with van der Waals surface area (Å²) < 4.78 is 0. The van der Waals surface area contributed by atoms with E-state index in [4.69, 9.17) is 5.26 Å². The van der Waals surface area contributed by atoms with Gasteiger partial charge in [-0.25, -0.2) is 9.59 Å². The summed E-state index contributed by atoms with van der Waals surface area (Å²) >= 11 is 6.68. The first-order valence-electron chi connectivity index (χ1n) is 17.1. The maximum atomic E-state index is 12.4. The molecule has 8 atom stereocenters. The molecular formula is C32H42N6O9S4. The Morgan fingerprint density at radius 1 is 0.784 bits per heavy atom. The molecule has 0 bridgehead atoms. The third-order valence-electron chi connectivity index (χ3n) is 10.7. The second kappa shape index (κ2) is 14.4. The number of nitrogens with zero attached hydrogens (tertiary/aromatic N) is 6. The zero-order chi connectivity index (χ0) is 36.5. The average Bonchev–Trinajstić information content (AvgIpc) is 3.83. The number of likely N-dealkylation sites (tertiary alicyclic amines) is 2. The minimum Gasteiger partial charge on any atom is -0.477 e. The molecule has 4 saturated heterocycles. The molecule has 0 aliphatic carbocycles. The van der Waals surface area contributed by atoms with Gasteiger partial charge in [-0.05, 0) is 13.8 Å². The van der Waals surface area contributed by atoms with Crippen molar-refractivity contribution in [2.24, 2.45) is 33.7 Å². The van der Waals surface area contributed by atoms with Gasteiger partial charge in [0.25, 0.3) is 0 Å². The van der Waals surface area contributed by atoms with Crippen LogP contribution in [0.3, 0.4) is 0 Å². The van der Waals surface area contributed by atoms with E-state index in [1.165, 1.54) is 9.80 Å². The van der Waals surface area contributed by atoms with E-state index in [0.717, 1.165) is 70.9 Å². The highest BCUT2D eigenvalue weighted by molar-refractivity contribution is 8.14. The van der Waals surface area contributed by atoms with E-state index < -0.39 is 36.0 Å². The van der Waals surface area contributed by atoms with E-state index in [1.54, 1.807) is 60.9 Å². The Morgan fingerprint density at radius 3 is 1.55 bits per heavy atom. The SMILES string of the molecule is C[C@@H](O)[C@H]1C(=O)N2C(C(=O)O)=C(SC3CN(C4=NCCS4)C3)[C@H](C)[C@H]12.C[C@@H](O)[C@H]1C(=O)N2C(C(=O)OO)=C(SC3CN(C4=NCCS4)C3)[C@H](C)[C@H]12. The number of aliphatic hydroxyl groups excluding tert-OH is 2. The fourth-order valence-electron chi connectivity index (χ4n) is 8.12. The number of rotatable bonds is 8. The van der Waals surface area contributed by atoms with Gasteiger partial charge >= 0.3 is 11.9 Å². The average molecular weight is 783 g/mol. The van der Waals surface area contributed by atoms with Crippen molar-refractivity contribution in [3.05, 3.63) is 21.2 Å². The van der Waals surface area contributed by atoms with Crippen LogP contribution in [0.25, 0.3) is 0 Å². The number of aliphatic carboxylic acids is 1. The molecule has 278 valence electrons. The smallest absolute Gasteiger partial charge is 0.389 e. The lowest BCUT2D eigenvalue weighted by atomic mass is 9.79. The van der Waals surface area contributed by atoms with Gasteiger partial charge in [-0.15, -0.1) is 23.5 Å². The molecule has 0 unspecified atom stereocenters. The van der Waals surface area contributed by atoms with Gasteiger partial charge < -0.3 is 34.9 Å². The number of carbonyl (C=O) groups excluding carboxylic acids is 3. The molecule has 0 radical (unpaired) electrons. The molecule has 8 heterocycles. The molecular weight excluding hydrogens is 741 g/mol. The summed E-state index contributed by atoms with van der Waals surface area (Å²) in [7, 11) is 0. The highest BCUT2D eigenvalue weighted by atomic mass is 32.2. The zero-order valence-electron chi connectivity index (χ0n) is 28.6. The molecule has 15 nitrogen and oxygen atoms in total. The van der Waals surface area contributed by atoms with Crippen molar-refractivity contribution in [3.8, 4) is 0 Å². The Hall–Kier alpha value is -2.42. The monoisotopic (exact) mass is 782 g/mol. The molecule has 0 saturated carbocycles. The molecule has 0 aromatic heterocycles. The lowest BCUT2D eigenvalue weighted by Gasteiger charge is -2.46. The van der Waals surface area contributed by atoms with Gasteiger partial charge in [0.2, 0.25) is 11.8 Å².